The van der Waals surface area contributed by atoms with Gasteiger partial charge in [-0.05, 0) is 36.2 Å². The van der Waals surface area contributed by atoms with E-state index in [9.17, 15) is 20.0 Å². The van der Waals surface area contributed by atoms with E-state index in [0.717, 1.165) is 4.57 Å². The first kappa shape index (κ1) is 22.4. The Balaban J connectivity index is 2.24. The molecule has 9 heteroatoms. The molecule has 3 rings (SSSR count). The molecule has 0 aliphatic carbocycles. The van der Waals surface area contributed by atoms with E-state index < -0.39 is 17.2 Å². The second-order valence-electron chi connectivity index (χ2n) is 6.81. The van der Waals surface area contributed by atoms with Crippen molar-refractivity contribution in [2.24, 2.45) is 0 Å². The summed E-state index contributed by atoms with van der Waals surface area (Å²) < 4.78 is 16.9. The molecule has 1 aromatic carbocycles. The van der Waals surface area contributed by atoms with Crippen molar-refractivity contribution < 1.29 is 24.1 Å². The molecule has 3 aromatic rings. The Morgan fingerprint density at radius 3 is 2.34 bits per heavy atom. The first-order chi connectivity index (χ1) is 15.4. The summed E-state index contributed by atoms with van der Waals surface area (Å²) in [6, 6.07) is 8.11. The summed E-state index contributed by atoms with van der Waals surface area (Å²) in [6.45, 7) is 1.38. The molecule has 0 bridgehead atoms. The van der Waals surface area contributed by atoms with E-state index in [1.807, 2.05) is 6.07 Å². The quantitative estimate of drug-likeness (QED) is 0.561. The van der Waals surface area contributed by atoms with E-state index >= 15 is 0 Å². The number of carbonyl (C=O) groups is 1. The van der Waals surface area contributed by atoms with Crippen LogP contribution in [0.25, 0.3) is 0 Å². The molecule has 0 radical (unpaired) electrons. The summed E-state index contributed by atoms with van der Waals surface area (Å²) >= 11 is 0. The van der Waals surface area contributed by atoms with Gasteiger partial charge in [0, 0.05) is 18.0 Å². The van der Waals surface area contributed by atoms with Gasteiger partial charge in [0.05, 0.1) is 33.4 Å². The van der Waals surface area contributed by atoms with Crippen LogP contribution in [0.3, 0.4) is 0 Å². The molecule has 2 heterocycles. The molecule has 0 amide bonds. The second kappa shape index (κ2) is 9.22. The first-order valence-corrected chi connectivity index (χ1v) is 9.47. The molecule has 0 aliphatic heterocycles. The van der Waals surface area contributed by atoms with Crippen LogP contribution in [0.1, 0.15) is 32.6 Å². The molecule has 1 N–H and O–H groups in total. The average molecular weight is 435 g/mol. The Bertz CT molecular complexity index is 1250. The normalized spacial score (nSPS) is 10.3. The van der Waals surface area contributed by atoms with Crippen LogP contribution < -0.4 is 19.8 Å². The third kappa shape index (κ3) is 3.86. The van der Waals surface area contributed by atoms with E-state index in [0.29, 0.717) is 11.3 Å². The maximum atomic E-state index is 13.5. The van der Waals surface area contributed by atoms with Crippen LogP contribution in [-0.4, -0.2) is 41.8 Å². The summed E-state index contributed by atoms with van der Waals surface area (Å²) in [7, 11) is 4.26. The fraction of sp³-hybridized carbons (Fsp3) is 0.217. The molecule has 0 saturated heterocycles. The van der Waals surface area contributed by atoms with Crippen LogP contribution >= 0.6 is 0 Å². The number of aromatic hydroxyl groups is 1. The van der Waals surface area contributed by atoms with Crippen LogP contribution in [0.4, 0.5) is 0 Å². The minimum atomic E-state index is -0.701. The SMILES string of the molecule is COc1cc(C(=O)c2c(C)c(C#N)c(=O)n(Cc3cccnc3)c2O)cc(OC)c1OC. The number of nitrogens with zero attached hydrogens (tertiary/aromatic N) is 3. The van der Waals surface area contributed by atoms with E-state index in [2.05, 4.69) is 4.98 Å². The van der Waals surface area contributed by atoms with Crippen molar-refractivity contribution >= 4 is 5.78 Å². The highest BCUT2D eigenvalue weighted by atomic mass is 16.5. The summed E-state index contributed by atoms with van der Waals surface area (Å²) in [5.74, 6) is -0.371. The first-order valence-electron chi connectivity index (χ1n) is 9.47. The number of aromatic nitrogens is 2. The molecule has 0 atom stereocenters. The molecule has 0 fully saturated rings. The molecule has 0 unspecified atom stereocenters. The van der Waals surface area contributed by atoms with Crippen molar-refractivity contribution in [2.75, 3.05) is 21.3 Å². The van der Waals surface area contributed by atoms with Crippen LogP contribution in [0.2, 0.25) is 0 Å². The van der Waals surface area contributed by atoms with Gasteiger partial charge in [0.25, 0.3) is 5.56 Å². The number of ether oxygens (including phenoxy) is 3. The Morgan fingerprint density at radius 1 is 1.19 bits per heavy atom. The third-order valence-electron chi connectivity index (χ3n) is 5.02. The molecular formula is C23H21N3O6. The van der Waals surface area contributed by atoms with Gasteiger partial charge in [-0.2, -0.15) is 5.26 Å². The Labute approximate surface area is 184 Å². The second-order valence-corrected chi connectivity index (χ2v) is 6.81. The number of ketones is 1. The molecular weight excluding hydrogens is 414 g/mol. The van der Waals surface area contributed by atoms with Crippen LogP contribution in [-0.2, 0) is 6.54 Å². The van der Waals surface area contributed by atoms with Gasteiger partial charge in [-0.3, -0.25) is 19.1 Å². The van der Waals surface area contributed by atoms with Crippen LogP contribution in [0, 0.1) is 18.3 Å². The lowest BCUT2D eigenvalue weighted by molar-refractivity contribution is 0.103. The predicted octanol–water partition coefficient (Wildman–Crippen LogP) is 2.43. The molecule has 0 aliphatic rings. The van der Waals surface area contributed by atoms with Crippen molar-refractivity contribution in [3.63, 3.8) is 0 Å². The standard InChI is InChI=1S/C23H21N3O6/c1-13-16(10-24)22(28)26(12-14-6-5-7-25-11-14)23(29)19(13)20(27)15-8-17(30-2)21(32-4)18(9-15)31-3/h5-9,11,29H,12H2,1-4H3. The lowest BCUT2D eigenvalue weighted by atomic mass is 9.96. The van der Waals surface area contributed by atoms with E-state index in [1.54, 1.807) is 18.3 Å². The number of pyridine rings is 2. The minimum Gasteiger partial charge on any atom is -0.494 e. The van der Waals surface area contributed by atoms with Gasteiger partial charge in [-0.15, -0.1) is 0 Å². The highest BCUT2D eigenvalue weighted by Crippen LogP contribution is 2.39. The highest BCUT2D eigenvalue weighted by molar-refractivity contribution is 6.12. The van der Waals surface area contributed by atoms with Crippen LogP contribution in [0.5, 0.6) is 23.1 Å². The van der Waals surface area contributed by atoms with E-state index in [4.69, 9.17) is 14.2 Å². The number of carbonyl (C=O) groups excluding carboxylic acids is 1. The monoisotopic (exact) mass is 435 g/mol. The lowest BCUT2D eigenvalue weighted by Gasteiger charge is -2.17. The van der Waals surface area contributed by atoms with E-state index in [-0.39, 0.29) is 40.3 Å². The lowest BCUT2D eigenvalue weighted by Crippen LogP contribution is -2.27. The Morgan fingerprint density at radius 2 is 1.84 bits per heavy atom. The molecule has 2 aromatic heterocycles. The zero-order chi connectivity index (χ0) is 23.4. The van der Waals surface area contributed by atoms with Gasteiger partial charge in [0.15, 0.2) is 17.3 Å². The summed E-state index contributed by atoms with van der Waals surface area (Å²) in [6.07, 6.45) is 3.10. The third-order valence-corrected chi connectivity index (χ3v) is 5.02. The van der Waals surface area contributed by atoms with Gasteiger partial charge in [-0.25, -0.2) is 0 Å². The van der Waals surface area contributed by atoms with E-state index in [1.165, 1.54) is 46.6 Å². The van der Waals surface area contributed by atoms with Crippen molar-refractivity contribution in [3.8, 4) is 29.2 Å². The van der Waals surface area contributed by atoms with Gasteiger partial charge in [0.1, 0.15) is 11.6 Å². The summed E-state index contributed by atoms with van der Waals surface area (Å²) in [5.41, 5.74) is -0.289. The maximum absolute atomic E-state index is 13.5. The maximum Gasteiger partial charge on any atom is 0.271 e. The average Bonchev–Trinajstić information content (AvgIpc) is 2.81. The number of methoxy groups -OCH3 is 3. The highest BCUT2D eigenvalue weighted by Gasteiger charge is 2.27. The fourth-order valence-corrected chi connectivity index (χ4v) is 3.40. The topological polar surface area (TPSA) is 124 Å². The Hall–Kier alpha value is -4.32. The number of hydrogen-bond acceptors (Lipinski definition) is 8. The van der Waals surface area contributed by atoms with Crippen molar-refractivity contribution in [2.45, 2.75) is 13.5 Å². The fourth-order valence-electron chi connectivity index (χ4n) is 3.40. The molecule has 0 spiro atoms. The predicted molar refractivity (Wildman–Crippen MR) is 115 cm³/mol. The van der Waals surface area contributed by atoms with Crippen molar-refractivity contribution in [1.82, 2.24) is 9.55 Å². The molecule has 9 nitrogen and oxygen atoms in total. The zero-order valence-electron chi connectivity index (χ0n) is 18.0. The van der Waals surface area contributed by atoms with Gasteiger partial charge < -0.3 is 19.3 Å². The van der Waals surface area contributed by atoms with Crippen molar-refractivity contribution in [1.29, 1.82) is 5.26 Å². The number of nitriles is 1. The minimum absolute atomic E-state index is 0.0665. The van der Waals surface area contributed by atoms with Gasteiger partial charge >= 0.3 is 0 Å². The largest absolute Gasteiger partial charge is 0.494 e. The van der Waals surface area contributed by atoms with Crippen molar-refractivity contribution in [3.05, 3.63) is 74.8 Å². The summed E-state index contributed by atoms with van der Waals surface area (Å²) in [4.78, 5) is 30.3. The molecule has 32 heavy (non-hydrogen) atoms. The molecule has 164 valence electrons. The molecule has 0 saturated carbocycles. The van der Waals surface area contributed by atoms with Gasteiger partial charge in [0.2, 0.25) is 11.6 Å². The number of benzene rings is 1. The van der Waals surface area contributed by atoms with Crippen LogP contribution in [0.15, 0.2) is 41.5 Å². The smallest absolute Gasteiger partial charge is 0.271 e. The zero-order valence-corrected chi connectivity index (χ0v) is 18.0. The number of hydrogen-bond donors (Lipinski definition) is 1. The Kier molecular flexibility index (Phi) is 6.45. The number of rotatable bonds is 7. The van der Waals surface area contributed by atoms with Gasteiger partial charge in [-0.1, -0.05) is 6.07 Å². The summed E-state index contributed by atoms with van der Waals surface area (Å²) in [5, 5.41) is 20.5.